The number of aryl methyl sites for hydroxylation is 2. The van der Waals surface area contributed by atoms with Crippen molar-refractivity contribution in [3.05, 3.63) is 57.6 Å². The highest BCUT2D eigenvalue weighted by molar-refractivity contribution is 8.00. The first-order valence-corrected chi connectivity index (χ1v) is 13.1. The lowest BCUT2D eigenvalue weighted by atomic mass is 10.2. The highest BCUT2D eigenvalue weighted by atomic mass is 35.5. The fourth-order valence-electron chi connectivity index (χ4n) is 3.56. The molecule has 2 aromatic rings. The Balaban J connectivity index is 1.91. The van der Waals surface area contributed by atoms with Gasteiger partial charge < -0.3 is 0 Å². The van der Waals surface area contributed by atoms with Gasteiger partial charge in [-0.05, 0) is 44.0 Å². The van der Waals surface area contributed by atoms with Crippen LogP contribution in [0, 0.1) is 24.0 Å². The van der Waals surface area contributed by atoms with E-state index < -0.39 is 20.4 Å². The van der Waals surface area contributed by atoms with Crippen LogP contribution in [0.4, 0.5) is 5.69 Å². The lowest BCUT2D eigenvalue weighted by molar-refractivity contribution is -0.385. The number of rotatable bonds is 8. The van der Waals surface area contributed by atoms with E-state index in [4.69, 9.17) is 11.6 Å². The van der Waals surface area contributed by atoms with E-state index in [0.717, 1.165) is 22.1 Å². The van der Waals surface area contributed by atoms with Crippen LogP contribution in [-0.4, -0.2) is 60.0 Å². The van der Waals surface area contributed by atoms with Crippen molar-refractivity contribution in [1.29, 1.82) is 0 Å². The molecule has 1 unspecified atom stereocenters. The van der Waals surface area contributed by atoms with Gasteiger partial charge >= 0.3 is 0 Å². The minimum atomic E-state index is -3.99. The smallest absolute Gasteiger partial charge is 0.270 e. The van der Waals surface area contributed by atoms with Gasteiger partial charge in [0.2, 0.25) is 10.0 Å². The van der Waals surface area contributed by atoms with Gasteiger partial charge in [-0.1, -0.05) is 23.9 Å². The number of halogens is 1. The zero-order chi connectivity index (χ0) is 24.3. The second-order valence-electron chi connectivity index (χ2n) is 8.04. The minimum absolute atomic E-state index is 0.0326. The fraction of sp³-hybridized carbons (Fsp3) is 0.409. The Morgan fingerprint density at radius 1 is 1.12 bits per heavy atom. The summed E-state index contributed by atoms with van der Waals surface area (Å²) >= 11 is 7.57. The summed E-state index contributed by atoms with van der Waals surface area (Å²) in [6, 6.07) is 9.85. The van der Waals surface area contributed by atoms with Crippen molar-refractivity contribution in [3.8, 4) is 0 Å². The second-order valence-corrected chi connectivity index (χ2v) is 11.5. The quantitative estimate of drug-likeness (QED) is 0.226. The number of ketones is 1. The Hall–Kier alpha value is -1.98. The Morgan fingerprint density at radius 3 is 2.39 bits per heavy atom. The average molecular weight is 512 g/mol. The Bertz CT molecular complexity index is 1160. The number of sulfonamides is 1. The Morgan fingerprint density at radius 2 is 1.79 bits per heavy atom. The van der Waals surface area contributed by atoms with Crippen molar-refractivity contribution in [2.75, 3.05) is 26.2 Å². The van der Waals surface area contributed by atoms with Crippen LogP contribution in [0.1, 0.15) is 24.5 Å². The van der Waals surface area contributed by atoms with Crippen molar-refractivity contribution in [1.82, 2.24) is 9.21 Å². The lowest BCUT2D eigenvalue weighted by Crippen LogP contribution is -2.51. The number of carbonyl (C=O) groups excluding carboxylic acids is 1. The van der Waals surface area contributed by atoms with Crippen molar-refractivity contribution < 1.29 is 18.1 Å². The number of nitro benzene ring substituents is 1. The molecular formula is C22H26ClN3O5S2. The summed E-state index contributed by atoms with van der Waals surface area (Å²) in [7, 11) is -3.99. The maximum absolute atomic E-state index is 13.6. The zero-order valence-corrected chi connectivity index (χ0v) is 21.0. The van der Waals surface area contributed by atoms with E-state index in [-0.39, 0.29) is 35.9 Å². The molecule has 8 nitrogen and oxygen atoms in total. The molecule has 1 aliphatic heterocycles. The summed E-state index contributed by atoms with van der Waals surface area (Å²) in [5.74, 6) is -0.0326. The predicted octanol–water partition coefficient (Wildman–Crippen LogP) is 4.21. The largest absolute Gasteiger partial charge is 0.300 e. The third kappa shape index (κ3) is 6.13. The van der Waals surface area contributed by atoms with Gasteiger partial charge in [0.1, 0.15) is 10.7 Å². The number of carbonyl (C=O) groups is 1. The van der Waals surface area contributed by atoms with E-state index in [1.165, 1.54) is 35.1 Å². The molecule has 0 aliphatic carbocycles. The lowest BCUT2D eigenvalue weighted by Gasteiger charge is -2.36. The fourth-order valence-corrected chi connectivity index (χ4v) is 6.94. The molecule has 0 spiro atoms. The van der Waals surface area contributed by atoms with E-state index in [9.17, 15) is 23.3 Å². The number of nitrogens with zero attached hydrogens (tertiary/aromatic N) is 3. The van der Waals surface area contributed by atoms with Crippen LogP contribution < -0.4 is 0 Å². The third-order valence-electron chi connectivity index (χ3n) is 5.44. The van der Waals surface area contributed by atoms with Gasteiger partial charge in [-0.15, -0.1) is 11.6 Å². The molecule has 0 radical (unpaired) electrons. The number of Topliss-reactive ketones (excluding diaryl/α,β-unsaturated/α-hetero) is 1. The van der Waals surface area contributed by atoms with Crippen LogP contribution in [0.3, 0.4) is 0 Å². The predicted molar refractivity (Wildman–Crippen MR) is 128 cm³/mol. The summed E-state index contributed by atoms with van der Waals surface area (Å²) in [6.07, 6.45) is 0.190. The Labute approximate surface area is 203 Å². The number of piperazine rings is 1. The summed E-state index contributed by atoms with van der Waals surface area (Å²) in [5, 5.41) is 11.4. The maximum atomic E-state index is 13.6. The first-order chi connectivity index (χ1) is 15.5. The minimum Gasteiger partial charge on any atom is -0.300 e. The molecule has 2 aromatic carbocycles. The van der Waals surface area contributed by atoms with Gasteiger partial charge in [-0.2, -0.15) is 4.31 Å². The van der Waals surface area contributed by atoms with Crippen LogP contribution in [0.25, 0.3) is 0 Å². The zero-order valence-electron chi connectivity index (χ0n) is 18.7. The molecule has 0 saturated carbocycles. The van der Waals surface area contributed by atoms with Crippen LogP contribution in [-0.2, 0) is 14.8 Å². The van der Waals surface area contributed by atoms with Gasteiger partial charge in [0.25, 0.3) is 5.69 Å². The molecule has 0 N–H and O–H groups in total. The summed E-state index contributed by atoms with van der Waals surface area (Å²) < 4.78 is 28.5. The van der Waals surface area contributed by atoms with Gasteiger partial charge in [0.15, 0.2) is 0 Å². The topological polar surface area (TPSA) is 101 Å². The number of hydrogen-bond acceptors (Lipinski definition) is 7. The second kappa shape index (κ2) is 10.5. The van der Waals surface area contributed by atoms with Crippen molar-refractivity contribution in [2.24, 2.45) is 0 Å². The monoisotopic (exact) mass is 511 g/mol. The van der Waals surface area contributed by atoms with E-state index in [1.807, 2.05) is 36.9 Å². The first-order valence-electron chi connectivity index (χ1n) is 10.4. The number of alkyl halides is 1. The van der Waals surface area contributed by atoms with Crippen LogP contribution in [0.15, 0.2) is 51.1 Å². The van der Waals surface area contributed by atoms with Crippen LogP contribution >= 0.6 is 23.4 Å². The molecule has 1 fully saturated rings. The molecule has 1 saturated heterocycles. The molecule has 0 bridgehead atoms. The molecule has 0 amide bonds. The summed E-state index contributed by atoms with van der Waals surface area (Å²) in [5.41, 5.74) is 1.26. The number of nitro groups is 1. The van der Waals surface area contributed by atoms with Crippen LogP contribution in [0.5, 0.6) is 0 Å². The number of non-ortho nitro benzene ring substituents is 1. The van der Waals surface area contributed by atoms with Gasteiger partial charge in [-0.3, -0.25) is 19.8 Å². The SMILES string of the molecule is CC(=O)CC(Cl)N1CCN(S(=O)(=O)c2cc([N+](=O)[O-])ccc2Sc2cc(C)ccc2C)CC1. The standard InChI is InChI=1S/C22H26ClN3O5S2/c1-15-4-5-16(2)20(12-15)32-19-7-6-18(26(28)29)14-21(19)33(30,31)25-10-8-24(9-11-25)22(23)13-17(3)27/h4-7,12,14,22H,8-11,13H2,1-3H3. The molecule has 11 heteroatoms. The normalized spacial score (nSPS) is 16.5. The van der Waals surface area contributed by atoms with Gasteiger partial charge in [-0.25, -0.2) is 8.42 Å². The number of hydrogen-bond donors (Lipinski definition) is 0. The van der Waals surface area contributed by atoms with E-state index in [1.54, 1.807) is 0 Å². The van der Waals surface area contributed by atoms with E-state index in [0.29, 0.717) is 18.0 Å². The van der Waals surface area contributed by atoms with Crippen molar-refractivity contribution >= 4 is 44.9 Å². The van der Waals surface area contributed by atoms with Crippen LogP contribution in [0.2, 0.25) is 0 Å². The molecular weight excluding hydrogens is 486 g/mol. The highest BCUT2D eigenvalue weighted by Crippen LogP contribution is 2.38. The first kappa shape index (κ1) is 25.6. The average Bonchev–Trinajstić information content (AvgIpc) is 2.76. The van der Waals surface area contributed by atoms with E-state index >= 15 is 0 Å². The third-order valence-corrected chi connectivity index (χ3v) is 9.18. The molecule has 178 valence electrons. The van der Waals surface area contributed by atoms with Crippen molar-refractivity contribution in [2.45, 2.75) is 47.4 Å². The van der Waals surface area contributed by atoms with E-state index in [2.05, 4.69) is 0 Å². The molecule has 0 aromatic heterocycles. The summed E-state index contributed by atoms with van der Waals surface area (Å²) in [6.45, 7) is 6.45. The highest BCUT2D eigenvalue weighted by Gasteiger charge is 2.33. The maximum Gasteiger partial charge on any atom is 0.270 e. The number of benzene rings is 2. The summed E-state index contributed by atoms with van der Waals surface area (Å²) in [4.78, 5) is 25.2. The molecule has 1 heterocycles. The molecule has 3 rings (SSSR count). The van der Waals surface area contributed by atoms with Gasteiger partial charge in [0.05, 0.1) is 10.4 Å². The Kier molecular flexibility index (Phi) is 8.17. The van der Waals surface area contributed by atoms with Crippen molar-refractivity contribution in [3.63, 3.8) is 0 Å². The molecule has 1 atom stereocenters. The molecule has 33 heavy (non-hydrogen) atoms. The van der Waals surface area contributed by atoms with Gasteiger partial charge in [0, 0.05) is 54.5 Å². The molecule has 1 aliphatic rings.